The number of benzene rings is 3. The van der Waals surface area contributed by atoms with Crippen LogP contribution in [-0.4, -0.2) is 52.5 Å². The maximum atomic E-state index is 13.3. The fraction of sp³-hybridized carbons (Fsp3) is 0.361. The van der Waals surface area contributed by atoms with Gasteiger partial charge in [0.15, 0.2) is 5.78 Å². The zero-order valence-electron chi connectivity index (χ0n) is 27.0. The summed E-state index contributed by atoms with van der Waals surface area (Å²) in [6.45, 7) is 9.90. The number of anilines is 2. The Kier molecular flexibility index (Phi) is 10.0. The molecule has 0 radical (unpaired) electrons. The van der Waals surface area contributed by atoms with Crippen LogP contribution in [0.25, 0.3) is 5.69 Å². The molecule has 1 saturated heterocycles. The zero-order valence-corrected chi connectivity index (χ0v) is 27.0. The second-order valence-electron chi connectivity index (χ2n) is 13.1. The molecule has 0 unspecified atom stereocenters. The molecule has 0 spiro atoms. The monoisotopic (exact) mass is 647 g/mol. The van der Waals surface area contributed by atoms with Gasteiger partial charge in [0.05, 0.1) is 17.9 Å². The van der Waals surface area contributed by atoms with E-state index in [0.29, 0.717) is 17.3 Å². The van der Waals surface area contributed by atoms with Crippen molar-refractivity contribution in [2.24, 2.45) is 5.92 Å². The predicted octanol–water partition coefficient (Wildman–Crippen LogP) is 8.16. The highest BCUT2D eigenvalue weighted by molar-refractivity contribution is 6.00. The Balaban J connectivity index is 1.17. The third kappa shape index (κ3) is 9.22. The molecule has 4 aromatic rings. The number of aryl methyl sites for hydroxylation is 1. The summed E-state index contributed by atoms with van der Waals surface area (Å²) < 4.78 is 42.9. The van der Waals surface area contributed by atoms with E-state index in [2.05, 4.69) is 41.0 Å². The number of nitrogens with one attached hydrogen (secondary N) is 2. The number of hydrogen-bond donors (Lipinski definition) is 2. The number of alkyl halides is 3. The van der Waals surface area contributed by atoms with Crippen molar-refractivity contribution in [2.45, 2.75) is 58.7 Å². The third-order valence-electron chi connectivity index (χ3n) is 8.26. The lowest BCUT2D eigenvalue weighted by atomic mass is 9.89. The summed E-state index contributed by atoms with van der Waals surface area (Å²) >= 11 is 0. The number of aromatic nitrogens is 2. The van der Waals surface area contributed by atoms with E-state index in [9.17, 15) is 22.8 Å². The van der Waals surface area contributed by atoms with Crippen LogP contribution in [0.5, 0.6) is 5.75 Å². The van der Waals surface area contributed by atoms with Crippen molar-refractivity contribution in [1.29, 1.82) is 0 Å². The maximum absolute atomic E-state index is 13.3. The summed E-state index contributed by atoms with van der Waals surface area (Å²) in [4.78, 5) is 28.1. The molecular formula is C36H40F3N5O3. The first-order valence-electron chi connectivity index (χ1n) is 15.7. The highest BCUT2D eigenvalue weighted by Crippen LogP contribution is 2.29. The van der Waals surface area contributed by atoms with Gasteiger partial charge in [-0.2, -0.15) is 5.10 Å². The molecule has 0 bridgehead atoms. The SMILES string of the molecule is Cc1ccc(-n2nc(C(C)(C)C)cc2NC(=O)Nc2ccccc2CC2CCN(CC(=O)c3ccc(OC(F)(F)F)cc3)CC2)cc1. The molecule has 2 amide bonds. The van der Waals surface area contributed by atoms with Crippen LogP contribution in [-0.2, 0) is 11.8 Å². The van der Waals surface area contributed by atoms with Crippen molar-refractivity contribution >= 4 is 23.3 Å². The topological polar surface area (TPSA) is 88.5 Å². The van der Waals surface area contributed by atoms with Gasteiger partial charge in [-0.3, -0.25) is 15.0 Å². The Bertz CT molecular complexity index is 1680. The number of rotatable bonds is 9. The van der Waals surface area contributed by atoms with E-state index in [1.54, 1.807) is 4.68 Å². The van der Waals surface area contributed by atoms with Crippen LogP contribution in [0, 0.1) is 12.8 Å². The van der Waals surface area contributed by atoms with Gasteiger partial charge < -0.3 is 10.1 Å². The Labute approximate surface area is 272 Å². The molecule has 3 aromatic carbocycles. The lowest BCUT2D eigenvalue weighted by Crippen LogP contribution is -2.37. The summed E-state index contributed by atoms with van der Waals surface area (Å²) in [7, 11) is 0. The van der Waals surface area contributed by atoms with Gasteiger partial charge in [-0.1, -0.05) is 56.7 Å². The molecule has 0 saturated carbocycles. The minimum atomic E-state index is -4.78. The summed E-state index contributed by atoms with van der Waals surface area (Å²) in [5.74, 6) is 0.427. The van der Waals surface area contributed by atoms with E-state index in [4.69, 9.17) is 5.10 Å². The van der Waals surface area contributed by atoms with Crippen molar-refractivity contribution in [3.05, 3.63) is 101 Å². The standard InChI is InChI=1S/C36H40F3N5O3/c1-24-9-13-28(14-10-24)44-33(22-32(42-44)35(2,3)4)41-34(46)40-30-8-6-5-7-27(30)21-25-17-19-43(20-18-25)23-31(45)26-11-15-29(16-12-26)47-36(37,38)39/h5-16,22,25H,17-21,23H2,1-4H3,(H2,40,41,46). The quantitative estimate of drug-likeness (QED) is 0.179. The summed E-state index contributed by atoms with van der Waals surface area (Å²) in [6.07, 6.45) is -2.26. The Morgan fingerprint density at radius 3 is 2.21 bits per heavy atom. The van der Waals surface area contributed by atoms with Gasteiger partial charge in [0.1, 0.15) is 11.6 Å². The summed E-state index contributed by atoms with van der Waals surface area (Å²) in [5, 5.41) is 10.8. The van der Waals surface area contributed by atoms with E-state index in [1.165, 1.54) is 12.1 Å². The van der Waals surface area contributed by atoms with Gasteiger partial charge in [-0.05, 0) is 93.2 Å². The van der Waals surface area contributed by atoms with Crippen LogP contribution in [0.2, 0.25) is 0 Å². The minimum Gasteiger partial charge on any atom is -0.406 e. The lowest BCUT2D eigenvalue weighted by Gasteiger charge is -2.31. The first-order chi connectivity index (χ1) is 22.2. The van der Waals surface area contributed by atoms with E-state index in [1.807, 2.05) is 61.5 Å². The van der Waals surface area contributed by atoms with E-state index in [-0.39, 0.29) is 29.5 Å². The first kappa shape index (κ1) is 33.7. The number of Topliss-reactive ketones (excluding diaryl/α,β-unsaturated/α-hetero) is 1. The third-order valence-corrected chi connectivity index (χ3v) is 8.26. The number of urea groups is 1. The lowest BCUT2D eigenvalue weighted by molar-refractivity contribution is -0.274. The van der Waals surface area contributed by atoms with Gasteiger partial charge in [0.25, 0.3) is 0 Å². The second-order valence-corrected chi connectivity index (χ2v) is 13.1. The van der Waals surface area contributed by atoms with Gasteiger partial charge in [0.2, 0.25) is 0 Å². The van der Waals surface area contributed by atoms with Gasteiger partial charge >= 0.3 is 12.4 Å². The molecule has 8 nitrogen and oxygen atoms in total. The van der Waals surface area contributed by atoms with Crippen molar-refractivity contribution < 1.29 is 27.5 Å². The number of amides is 2. The number of ether oxygens (including phenoxy) is 1. The number of likely N-dealkylation sites (tertiary alicyclic amines) is 1. The van der Waals surface area contributed by atoms with Crippen molar-refractivity contribution in [2.75, 3.05) is 30.3 Å². The molecule has 248 valence electrons. The average Bonchev–Trinajstić information content (AvgIpc) is 3.43. The molecule has 2 heterocycles. The van der Waals surface area contributed by atoms with E-state index < -0.39 is 6.36 Å². The average molecular weight is 648 g/mol. The molecule has 1 fully saturated rings. The number of para-hydroxylation sites is 1. The second kappa shape index (κ2) is 14.0. The smallest absolute Gasteiger partial charge is 0.406 e. The summed E-state index contributed by atoms with van der Waals surface area (Å²) in [5.41, 5.74) is 4.74. The normalized spacial score (nSPS) is 14.5. The fourth-order valence-electron chi connectivity index (χ4n) is 5.61. The predicted molar refractivity (Wildman–Crippen MR) is 176 cm³/mol. The highest BCUT2D eigenvalue weighted by atomic mass is 19.4. The van der Waals surface area contributed by atoms with Gasteiger partial charge in [0, 0.05) is 22.7 Å². The van der Waals surface area contributed by atoms with Gasteiger partial charge in [-0.25, -0.2) is 9.48 Å². The number of halogens is 3. The van der Waals surface area contributed by atoms with Crippen molar-refractivity contribution in [3.8, 4) is 11.4 Å². The summed E-state index contributed by atoms with van der Waals surface area (Å²) in [6, 6.07) is 22.3. The highest BCUT2D eigenvalue weighted by Gasteiger charge is 2.31. The number of piperidine rings is 1. The molecule has 0 atom stereocenters. The number of ketones is 1. The van der Waals surface area contributed by atoms with Gasteiger partial charge in [-0.15, -0.1) is 13.2 Å². The molecule has 47 heavy (non-hydrogen) atoms. The molecule has 1 aliphatic heterocycles. The van der Waals surface area contributed by atoms with E-state index in [0.717, 1.165) is 72.7 Å². The molecule has 5 rings (SSSR count). The van der Waals surface area contributed by atoms with Crippen LogP contribution in [0.3, 0.4) is 0 Å². The molecule has 11 heteroatoms. The molecular weight excluding hydrogens is 607 g/mol. The molecule has 2 N–H and O–H groups in total. The number of carbonyl (C=O) groups is 2. The van der Waals surface area contributed by atoms with Crippen molar-refractivity contribution in [3.63, 3.8) is 0 Å². The number of carbonyl (C=O) groups excluding carboxylic acids is 2. The maximum Gasteiger partial charge on any atom is 0.573 e. The van der Waals surface area contributed by atoms with Crippen LogP contribution in [0.1, 0.15) is 60.8 Å². The molecule has 1 aliphatic rings. The first-order valence-corrected chi connectivity index (χ1v) is 15.7. The fourth-order valence-corrected chi connectivity index (χ4v) is 5.61. The van der Waals surface area contributed by atoms with Crippen LogP contribution in [0.4, 0.5) is 29.5 Å². The zero-order chi connectivity index (χ0) is 33.8. The Morgan fingerprint density at radius 1 is 0.915 bits per heavy atom. The number of hydrogen-bond acceptors (Lipinski definition) is 5. The Hall–Kier alpha value is -4.64. The van der Waals surface area contributed by atoms with Crippen molar-refractivity contribution in [1.82, 2.24) is 14.7 Å². The van der Waals surface area contributed by atoms with Crippen LogP contribution in [0.15, 0.2) is 78.9 Å². The largest absolute Gasteiger partial charge is 0.573 e. The van der Waals surface area contributed by atoms with E-state index >= 15 is 0 Å². The molecule has 1 aromatic heterocycles. The molecule has 0 aliphatic carbocycles. The minimum absolute atomic E-state index is 0.152. The number of nitrogens with zero attached hydrogens (tertiary/aromatic N) is 3. The Morgan fingerprint density at radius 2 is 1.57 bits per heavy atom. The van der Waals surface area contributed by atoms with Crippen LogP contribution >= 0.6 is 0 Å². The van der Waals surface area contributed by atoms with Crippen LogP contribution < -0.4 is 15.4 Å².